The molecule has 0 bridgehead atoms. The van der Waals surface area contributed by atoms with E-state index >= 15 is 0 Å². The monoisotopic (exact) mass is 393 g/mol. The number of aryl methyl sites for hydroxylation is 1. The van der Waals surface area contributed by atoms with E-state index in [4.69, 9.17) is 4.98 Å². The lowest BCUT2D eigenvalue weighted by Crippen LogP contribution is -2.05. The average Bonchev–Trinajstić information content (AvgIpc) is 2.93. The first-order valence-electron chi connectivity index (χ1n) is 6.91. The summed E-state index contributed by atoms with van der Waals surface area (Å²) in [5.41, 5.74) is 2.77. The van der Waals surface area contributed by atoms with Gasteiger partial charge in [0.05, 0.1) is 9.26 Å². The van der Waals surface area contributed by atoms with Gasteiger partial charge in [0.25, 0.3) is 0 Å². The molecule has 0 aromatic carbocycles. The van der Waals surface area contributed by atoms with Crippen molar-refractivity contribution in [3.8, 4) is 11.5 Å². The minimum absolute atomic E-state index is 0.673. The van der Waals surface area contributed by atoms with Gasteiger partial charge in [0, 0.05) is 19.4 Å². The number of halogens is 1. The summed E-state index contributed by atoms with van der Waals surface area (Å²) >= 11 is 2.30. The topological polar surface area (TPSA) is 55.1 Å². The van der Waals surface area contributed by atoms with E-state index in [1.54, 1.807) is 0 Å². The molecule has 0 aliphatic carbocycles. The summed E-state index contributed by atoms with van der Waals surface area (Å²) in [6.45, 7) is 2.15. The molecular formula is C15H16IN5. The Hall–Kier alpha value is -1.70. The molecule has 3 aromatic rings. The highest BCUT2D eigenvalue weighted by molar-refractivity contribution is 14.1. The SMILES string of the molecule is CCCc1nc(-c2cn3ccccc3n2)nc(NC)c1I. The van der Waals surface area contributed by atoms with Gasteiger partial charge in [-0.1, -0.05) is 19.4 Å². The summed E-state index contributed by atoms with van der Waals surface area (Å²) in [5.74, 6) is 1.54. The number of hydrogen-bond donors (Lipinski definition) is 1. The van der Waals surface area contributed by atoms with E-state index in [1.807, 2.05) is 42.0 Å². The Morgan fingerprint density at radius 1 is 1.24 bits per heavy atom. The lowest BCUT2D eigenvalue weighted by molar-refractivity contribution is 0.867. The number of pyridine rings is 1. The molecular weight excluding hydrogens is 377 g/mol. The minimum Gasteiger partial charge on any atom is -0.372 e. The third-order valence-corrected chi connectivity index (χ3v) is 4.37. The molecule has 0 radical (unpaired) electrons. The summed E-state index contributed by atoms with van der Waals surface area (Å²) in [6.07, 6.45) is 5.94. The van der Waals surface area contributed by atoms with Gasteiger partial charge in [-0.05, 0) is 41.1 Å². The summed E-state index contributed by atoms with van der Waals surface area (Å²) in [5, 5.41) is 3.14. The van der Waals surface area contributed by atoms with Crippen molar-refractivity contribution in [3.05, 3.63) is 39.9 Å². The zero-order chi connectivity index (χ0) is 14.8. The fourth-order valence-electron chi connectivity index (χ4n) is 2.22. The number of rotatable bonds is 4. The number of imidazole rings is 1. The van der Waals surface area contributed by atoms with Crippen LogP contribution in [0.2, 0.25) is 0 Å². The second kappa shape index (κ2) is 5.97. The van der Waals surface area contributed by atoms with Crippen molar-refractivity contribution in [1.82, 2.24) is 19.4 Å². The zero-order valence-electron chi connectivity index (χ0n) is 12.0. The third-order valence-electron chi connectivity index (χ3n) is 3.24. The number of anilines is 1. The first-order chi connectivity index (χ1) is 10.2. The number of nitrogens with zero attached hydrogens (tertiary/aromatic N) is 4. The largest absolute Gasteiger partial charge is 0.372 e. The molecule has 0 spiro atoms. The highest BCUT2D eigenvalue weighted by Crippen LogP contribution is 2.24. The van der Waals surface area contributed by atoms with Crippen molar-refractivity contribution in [1.29, 1.82) is 0 Å². The minimum atomic E-state index is 0.673. The van der Waals surface area contributed by atoms with Gasteiger partial charge in [-0.25, -0.2) is 15.0 Å². The van der Waals surface area contributed by atoms with Gasteiger partial charge in [0.15, 0.2) is 5.82 Å². The van der Waals surface area contributed by atoms with E-state index in [0.717, 1.165) is 39.3 Å². The van der Waals surface area contributed by atoms with E-state index < -0.39 is 0 Å². The van der Waals surface area contributed by atoms with Crippen molar-refractivity contribution in [3.63, 3.8) is 0 Å². The summed E-state index contributed by atoms with van der Waals surface area (Å²) in [7, 11) is 1.88. The maximum atomic E-state index is 4.70. The van der Waals surface area contributed by atoms with Gasteiger partial charge >= 0.3 is 0 Å². The van der Waals surface area contributed by atoms with Crippen LogP contribution in [-0.2, 0) is 6.42 Å². The van der Waals surface area contributed by atoms with Crippen molar-refractivity contribution in [2.45, 2.75) is 19.8 Å². The molecule has 0 aliphatic heterocycles. The lowest BCUT2D eigenvalue weighted by Gasteiger charge is -2.09. The Morgan fingerprint density at radius 2 is 2.10 bits per heavy atom. The average molecular weight is 393 g/mol. The molecule has 0 fully saturated rings. The molecule has 3 rings (SSSR count). The molecule has 0 saturated carbocycles. The Labute approximate surface area is 137 Å². The molecule has 0 aliphatic rings. The molecule has 0 unspecified atom stereocenters. The highest BCUT2D eigenvalue weighted by atomic mass is 127. The predicted molar refractivity (Wildman–Crippen MR) is 92.5 cm³/mol. The molecule has 6 heteroatoms. The van der Waals surface area contributed by atoms with Crippen LogP contribution in [0.15, 0.2) is 30.6 Å². The van der Waals surface area contributed by atoms with Crippen molar-refractivity contribution < 1.29 is 0 Å². The molecule has 3 heterocycles. The number of fused-ring (bicyclic) bond motifs is 1. The van der Waals surface area contributed by atoms with Crippen molar-refractivity contribution in [2.75, 3.05) is 12.4 Å². The van der Waals surface area contributed by atoms with Crippen LogP contribution in [0.5, 0.6) is 0 Å². The highest BCUT2D eigenvalue weighted by Gasteiger charge is 2.14. The second-order valence-electron chi connectivity index (χ2n) is 4.75. The van der Waals surface area contributed by atoms with Crippen LogP contribution in [0.3, 0.4) is 0 Å². The fraction of sp³-hybridized carbons (Fsp3) is 0.267. The van der Waals surface area contributed by atoms with E-state index in [0.29, 0.717) is 5.82 Å². The maximum Gasteiger partial charge on any atom is 0.182 e. The Morgan fingerprint density at radius 3 is 2.81 bits per heavy atom. The first kappa shape index (κ1) is 14.2. The molecule has 1 N–H and O–H groups in total. The molecule has 0 saturated heterocycles. The molecule has 3 aromatic heterocycles. The van der Waals surface area contributed by atoms with Crippen molar-refractivity contribution in [2.24, 2.45) is 0 Å². The molecule has 0 amide bonds. The van der Waals surface area contributed by atoms with Crippen LogP contribution in [0.4, 0.5) is 5.82 Å². The molecule has 0 atom stereocenters. The van der Waals surface area contributed by atoms with Gasteiger partial charge in [-0.3, -0.25) is 0 Å². The summed E-state index contributed by atoms with van der Waals surface area (Å²) in [6, 6.07) is 5.93. The summed E-state index contributed by atoms with van der Waals surface area (Å²) in [4.78, 5) is 13.9. The van der Waals surface area contributed by atoms with E-state index in [1.165, 1.54) is 0 Å². The molecule has 21 heavy (non-hydrogen) atoms. The zero-order valence-corrected chi connectivity index (χ0v) is 14.1. The Bertz CT molecular complexity index is 748. The van der Waals surface area contributed by atoms with Crippen LogP contribution >= 0.6 is 22.6 Å². The number of hydrogen-bond acceptors (Lipinski definition) is 4. The standard InChI is InChI=1S/C15H16IN5/c1-3-6-10-13(16)15(17-2)20-14(19-10)11-9-21-8-5-4-7-12(21)18-11/h4-5,7-9H,3,6H2,1-2H3,(H,17,19,20). The van der Waals surface area contributed by atoms with Gasteiger partial charge in [-0.2, -0.15) is 0 Å². The van der Waals surface area contributed by atoms with Crippen molar-refractivity contribution >= 4 is 34.1 Å². The van der Waals surface area contributed by atoms with Crippen LogP contribution in [0.1, 0.15) is 19.0 Å². The van der Waals surface area contributed by atoms with Crippen LogP contribution in [-0.4, -0.2) is 26.4 Å². The Balaban J connectivity index is 2.14. The van der Waals surface area contributed by atoms with E-state index in [-0.39, 0.29) is 0 Å². The normalized spacial score (nSPS) is 11.0. The van der Waals surface area contributed by atoms with Crippen LogP contribution in [0.25, 0.3) is 17.2 Å². The first-order valence-corrected chi connectivity index (χ1v) is 7.99. The smallest absolute Gasteiger partial charge is 0.182 e. The van der Waals surface area contributed by atoms with E-state index in [2.05, 4.69) is 44.8 Å². The summed E-state index contributed by atoms with van der Waals surface area (Å²) < 4.78 is 3.07. The van der Waals surface area contributed by atoms with E-state index in [9.17, 15) is 0 Å². The molecule has 5 nitrogen and oxygen atoms in total. The van der Waals surface area contributed by atoms with Crippen LogP contribution < -0.4 is 5.32 Å². The number of nitrogens with one attached hydrogen (secondary N) is 1. The second-order valence-corrected chi connectivity index (χ2v) is 5.83. The Kier molecular flexibility index (Phi) is 4.05. The quantitative estimate of drug-likeness (QED) is 0.691. The van der Waals surface area contributed by atoms with Crippen LogP contribution in [0, 0.1) is 3.57 Å². The fourth-order valence-corrected chi connectivity index (χ4v) is 3.00. The number of aromatic nitrogens is 4. The van der Waals surface area contributed by atoms with Gasteiger partial charge in [-0.15, -0.1) is 0 Å². The molecule has 108 valence electrons. The van der Waals surface area contributed by atoms with Gasteiger partial charge < -0.3 is 9.72 Å². The lowest BCUT2D eigenvalue weighted by atomic mass is 10.2. The third kappa shape index (κ3) is 2.72. The predicted octanol–water partition coefficient (Wildman–Crippen LogP) is 3.39. The van der Waals surface area contributed by atoms with Gasteiger partial charge in [0.1, 0.15) is 17.2 Å². The maximum absolute atomic E-state index is 4.70. The van der Waals surface area contributed by atoms with Gasteiger partial charge in [0.2, 0.25) is 0 Å².